The van der Waals surface area contributed by atoms with Gasteiger partial charge in [0.1, 0.15) is 10.6 Å². The number of thiophene rings is 1. The van der Waals surface area contributed by atoms with Crippen molar-refractivity contribution < 1.29 is 17.9 Å². The van der Waals surface area contributed by atoms with E-state index >= 15 is 0 Å². The third kappa shape index (κ3) is 5.54. The normalized spacial score (nSPS) is 12.8. The van der Waals surface area contributed by atoms with E-state index in [1.165, 1.54) is 6.07 Å². The van der Waals surface area contributed by atoms with E-state index in [2.05, 4.69) is 40.0 Å². The first-order valence-corrected chi connectivity index (χ1v) is 11.8. The second kappa shape index (κ2) is 9.84. The quantitative estimate of drug-likeness (QED) is 0.563. The Labute approximate surface area is 178 Å². The second-order valence-corrected chi connectivity index (χ2v) is 9.92. The highest BCUT2D eigenvalue weighted by molar-refractivity contribution is 9.11. The highest BCUT2D eigenvalue weighted by Crippen LogP contribution is 2.31. The minimum absolute atomic E-state index is 0.0461. The van der Waals surface area contributed by atoms with Gasteiger partial charge in [0.05, 0.1) is 21.8 Å². The number of sulfonamides is 1. The number of ether oxygens (including phenoxy) is 1. The molecule has 7 nitrogen and oxygen atoms in total. The van der Waals surface area contributed by atoms with Gasteiger partial charge in [-0.1, -0.05) is 26.0 Å². The maximum Gasteiger partial charge on any atom is 0.261 e. The Hall–Kier alpha value is -1.46. The molecular weight excluding hydrogens is 466 g/mol. The van der Waals surface area contributed by atoms with Crippen molar-refractivity contribution in [3.63, 3.8) is 0 Å². The van der Waals surface area contributed by atoms with Gasteiger partial charge in [-0.05, 0) is 52.8 Å². The molecule has 0 saturated carbocycles. The van der Waals surface area contributed by atoms with Crippen LogP contribution in [0.3, 0.4) is 0 Å². The van der Waals surface area contributed by atoms with Gasteiger partial charge >= 0.3 is 0 Å². The number of benzene rings is 1. The lowest BCUT2D eigenvalue weighted by Crippen LogP contribution is -2.37. The molecule has 0 fully saturated rings. The summed E-state index contributed by atoms with van der Waals surface area (Å²) < 4.78 is 28.8. The van der Waals surface area contributed by atoms with Crippen LogP contribution >= 0.6 is 27.3 Å². The number of nitrogens with one attached hydrogen (secondary N) is 1. The Balaban J connectivity index is 2.22. The van der Waals surface area contributed by atoms with E-state index < -0.39 is 10.0 Å². The summed E-state index contributed by atoms with van der Waals surface area (Å²) in [5.74, 6) is 0.404. The third-order valence-electron chi connectivity index (χ3n) is 4.37. The van der Waals surface area contributed by atoms with Crippen molar-refractivity contribution in [3.8, 4) is 5.75 Å². The van der Waals surface area contributed by atoms with Crippen LogP contribution < -0.4 is 15.2 Å². The van der Waals surface area contributed by atoms with Gasteiger partial charge in [0.25, 0.3) is 5.91 Å². The van der Waals surface area contributed by atoms with Gasteiger partial charge in [0, 0.05) is 6.54 Å². The molecule has 28 heavy (non-hydrogen) atoms. The van der Waals surface area contributed by atoms with Crippen LogP contribution in [0.2, 0.25) is 0 Å². The van der Waals surface area contributed by atoms with Crippen molar-refractivity contribution in [2.75, 3.05) is 26.7 Å². The molecule has 154 valence electrons. The van der Waals surface area contributed by atoms with E-state index in [1.807, 2.05) is 24.3 Å². The van der Waals surface area contributed by atoms with Crippen molar-refractivity contribution >= 4 is 43.2 Å². The fourth-order valence-corrected chi connectivity index (χ4v) is 5.97. The number of likely N-dealkylation sites (N-methyl/N-ethyl adjacent to an activating group) is 1. The number of nitrogens with zero attached hydrogens (tertiary/aromatic N) is 1. The predicted octanol–water partition coefficient (Wildman–Crippen LogP) is 2.98. The number of carbonyl (C=O) groups is 1. The molecule has 1 aromatic heterocycles. The summed E-state index contributed by atoms with van der Waals surface area (Å²) in [6.45, 7) is 6.12. The zero-order valence-corrected chi connectivity index (χ0v) is 19.2. The lowest BCUT2D eigenvalue weighted by Gasteiger charge is -2.30. The molecule has 10 heteroatoms. The molecule has 2 rings (SSSR count). The summed E-state index contributed by atoms with van der Waals surface area (Å²) in [5.41, 5.74) is 1.03. The number of amides is 1. The summed E-state index contributed by atoms with van der Waals surface area (Å²) in [7, 11) is -2.27. The number of carbonyl (C=O) groups excluding carboxylic acids is 1. The van der Waals surface area contributed by atoms with Gasteiger partial charge in [-0.3, -0.25) is 9.69 Å². The fourth-order valence-electron chi connectivity index (χ4n) is 2.91. The monoisotopic (exact) mass is 489 g/mol. The largest absolute Gasteiger partial charge is 0.497 e. The van der Waals surface area contributed by atoms with Crippen molar-refractivity contribution in [2.24, 2.45) is 5.14 Å². The summed E-state index contributed by atoms with van der Waals surface area (Å²) in [6.07, 6.45) is 0. The van der Waals surface area contributed by atoms with Gasteiger partial charge < -0.3 is 10.1 Å². The Bertz CT molecular complexity index is 927. The Morgan fingerprint density at radius 1 is 1.32 bits per heavy atom. The van der Waals surface area contributed by atoms with Gasteiger partial charge in [-0.25, -0.2) is 13.6 Å². The van der Waals surface area contributed by atoms with E-state index in [0.29, 0.717) is 10.3 Å². The number of halogens is 1. The SMILES string of the molecule is CCN(CC)[C@H](CNC(=O)c1cc(S(N)(=O)=O)c(Br)s1)c1cccc(OC)c1. The minimum atomic E-state index is -3.89. The first-order valence-electron chi connectivity index (χ1n) is 8.69. The smallest absolute Gasteiger partial charge is 0.261 e. The molecule has 1 amide bonds. The van der Waals surface area contributed by atoms with Crippen LogP contribution in [0.5, 0.6) is 5.75 Å². The van der Waals surface area contributed by atoms with E-state index in [0.717, 1.165) is 35.7 Å². The molecule has 1 aromatic carbocycles. The molecule has 0 radical (unpaired) electrons. The van der Waals surface area contributed by atoms with E-state index in [-0.39, 0.29) is 21.7 Å². The van der Waals surface area contributed by atoms with Crippen LogP contribution in [0.15, 0.2) is 39.0 Å². The Morgan fingerprint density at radius 3 is 2.54 bits per heavy atom. The predicted molar refractivity (Wildman–Crippen MR) is 114 cm³/mol. The van der Waals surface area contributed by atoms with Crippen molar-refractivity contribution in [3.05, 3.63) is 44.6 Å². The van der Waals surface area contributed by atoms with E-state index in [9.17, 15) is 13.2 Å². The van der Waals surface area contributed by atoms with Crippen LogP contribution in [-0.4, -0.2) is 46.0 Å². The highest BCUT2D eigenvalue weighted by Gasteiger charge is 2.23. The van der Waals surface area contributed by atoms with Crippen LogP contribution in [-0.2, 0) is 10.0 Å². The minimum Gasteiger partial charge on any atom is -0.497 e. The number of hydrogen-bond acceptors (Lipinski definition) is 6. The Kier molecular flexibility index (Phi) is 8.02. The molecule has 1 heterocycles. The molecule has 1 atom stereocenters. The van der Waals surface area contributed by atoms with E-state index in [4.69, 9.17) is 9.88 Å². The van der Waals surface area contributed by atoms with Crippen LogP contribution in [0.25, 0.3) is 0 Å². The summed E-state index contributed by atoms with van der Waals surface area (Å²) in [4.78, 5) is 15.0. The van der Waals surface area contributed by atoms with Gasteiger partial charge in [-0.15, -0.1) is 11.3 Å². The Morgan fingerprint density at radius 2 is 2.00 bits per heavy atom. The number of nitrogens with two attached hydrogens (primary N) is 1. The number of rotatable bonds is 9. The van der Waals surface area contributed by atoms with E-state index in [1.54, 1.807) is 7.11 Å². The maximum absolute atomic E-state index is 12.6. The third-order valence-corrected chi connectivity index (χ3v) is 7.54. The lowest BCUT2D eigenvalue weighted by atomic mass is 10.0. The number of methoxy groups -OCH3 is 1. The lowest BCUT2D eigenvalue weighted by molar-refractivity contribution is 0.0939. The van der Waals surface area contributed by atoms with Crippen LogP contribution in [0.1, 0.15) is 35.1 Å². The van der Waals surface area contributed by atoms with Gasteiger partial charge in [0.15, 0.2) is 0 Å². The first kappa shape index (κ1) is 22.8. The van der Waals surface area contributed by atoms with Crippen molar-refractivity contribution in [2.45, 2.75) is 24.8 Å². The van der Waals surface area contributed by atoms with Gasteiger partial charge in [-0.2, -0.15) is 0 Å². The molecule has 0 aliphatic carbocycles. The van der Waals surface area contributed by atoms with Gasteiger partial charge in [0.2, 0.25) is 10.0 Å². The van der Waals surface area contributed by atoms with Crippen LogP contribution in [0.4, 0.5) is 0 Å². The maximum atomic E-state index is 12.6. The molecule has 2 aromatic rings. The van der Waals surface area contributed by atoms with Crippen molar-refractivity contribution in [1.29, 1.82) is 0 Å². The molecule has 0 unspecified atom stereocenters. The zero-order valence-electron chi connectivity index (χ0n) is 15.9. The molecular formula is C18H24BrN3O4S2. The average Bonchev–Trinajstić information content (AvgIpc) is 3.07. The average molecular weight is 490 g/mol. The summed E-state index contributed by atoms with van der Waals surface area (Å²) in [5, 5.41) is 8.08. The number of hydrogen-bond donors (Lipinski definition) is 2. The second-order valence-electron chi connectivity index (χ2n) is 6.02. The summed E-state index contributed by atoms with van der Waals surface area (Å²) >= 11 is 4.19. The molecule has 0 saturated heterocycles. The molecule has 3 N–H and O–H groups in total. The first-order chi connectivity index (χ1) is 13.2. The zero-order chi connectivity index (χ0) is 20.9. The molecule has 0 aliphatic rings. The molecule has 0 bridgehead atoms. The highest BCUT2D eigenvalue weighted by atomic mass is 79.9. The number of primary sulfonamides is 1. The topological polar surface area (TPSA) is 102 Å². The summed E-state index contributed by atoms with van der Waals surface area (Å²) in [6, 6.07) is 8.99. The standard InChI is InChI=1S/C18H24BrN3O4S2/c1-4-22(5-2)14(12-7-6-8-13(9-12)26-3)11-21-18(23)15-10-16(17(19)27-15)28(20,24)25/h6-10,14H,4-5,11H2,1-3H3,(H,21,23)(H2,20,24,25)/t14-/m1/s1. The van der Waals surface area contributed by atoms with Crippen molar-refractivity contribution in [1.82, 2.24) is 10.2 Å². The van der Waals surface area contributed by atoms with Crippen LogP contribution in [0, 0.1) is 0 Å². The molecule has 0 aliphatic heterocycles. The fraction of sp³-hybridized carbons (Fsp3) is 0.389. The molecule has 0 spiro atoms.